The number of hydrogen-bond donors (Lipinski definition) is 1. The van der Waals surface area contributed by atoms with E-state index in [1.54, 1.807) is 31.4 Å². The number of ether oxygens (including phenoxy) is 3. The zero-order valence-electron chi connectivity index (χ0n) is 13.0. The van der Waals surface area contributed by atoms with E-state index >= 15 is 0 Å². The zero-order chi connectivity index (χ0) is 16.5. The van der Waals surface area contributed by atoms with E-state index in [9.17, 15) is 9.90 Å². The van der Waals surface area contributed by atoms with Gasteiger partial charge in [0.05, 0.1) is 19.8 Å². The fourth-order valence-electron chi connectivity index (χ4n) is 1.90. The summed E-state index contributed by atoms with van der Waals surface area (Å²) in [6.07, 6.45) is 0.604. The normalized spacial score (nSPS) is 11.6. The van der Waals surface area contributed by atoms with Crippen molar-refractivity contribution in [3.63, 3.8) is 0 Å². The lowest BCUT2D eigenvalue weighted by atomic mass is 10.2. The first kappa shape index (κ1) is 16.8. The lowest BCUT2D eigenvalue weighted by Gasteiger charge is -2.13. The van der Waals surface area contributed by atoms with E-state index in [1.807, 2.05) is 24.3 Å². The monoisotopic (exact) mass is 316 g/mol. The molecule has 5 nitrogen and oxygen atoms in total. The number of carbonyl (C=O) groups excluding carboxylic acids is 1. The second-order valence-electron chi connectivity index (χ2n) is 4.96. The minimum Gasteiger partial charge on any atom is -0.497 e. The number of aliphatic hydroxyl groups excluding tert-OH is 1. The maximum Gasteiger partial charge on any atom is 0.150 e. The van der Waals surface area contributed by atoms with Crippen molar-refractivity contribution in [2.24, 2.45) is 0 Å². The molecular weight excluding hydrogens is 296 g/mol. The predicted octanol–water partition coefficient (Wildman–Crippen LogP) is 2.72. The molecule has 0 saturated carbocycles. The van der Waals surface area contributed by atoms with Crippen molar-refractivity contribution in [2.75, 3.05) is 20.3 Å². The minimum atomic E-state index is -0.626. The summed E-state index contributed by atoms with van der Waals surface area (Å²) < 4.78 is 16.1. The molecule has 2 aromatic rings. The van der Waals surface area contributed by atoms with Crippen LogP contribution in [0.25, 0.3) is 0 Å². The molecule has 1 unspecified atom stereocenters. The third-order valence-electron chi connectivity index (χ3n) is 3.24. The van der Waals surface area contributed by atoms with Gasteiger partial charge in [-0.3, -0.25) is 4.79 Å². The molecule has 1 atom stereocenters. The van der Waals surface area contributed by atoms with Crippen molar-refractivity contribution in [3.8, 4) is 17.2 Å². The molecular formula is C18H20O5. The molecule has 0 fully saturated rings. The summed E-state index contributed by atoms with van der Waals surface area (Å²) in [6, 6.07) is 14.0. The number of benzene rings is 2. The van der Waals surface area contributed by atoms with Crippen LogP contribution in [0.3, 0.4) is 0 Å². The van der Waals surface area contributed by atoms with E-state index in [0.717, 1.165) is 17.8 Å². The van der Waals surface area contributed by atoms with Crippen LogP contribution < -0.4 is 14.2 Å². The first-order valence-corrected chi connectivity index (χ1v) is 7.34. The summed E-state index contributed by atoms with van der Waals surface area (Å²) in [4.78, 5) is 10.6. The van der Waals surface area contributed by atoms with E-state index in [4.69, 9.17) is 14.2 Å². The number of hydrogen-bond acceptors (Lipinski definition) is 5. The summed E-state index contributed by atoms with van der Waals surface area (Å²) in [5.74, 6) is 2.11. The average molecular weight is 316 g/mol. The van der Waals surface area contributed by atoms with Crippen LogP contribution in [-0.4, -0.2) is 37.8 Å². The Balaban J connectivity index is 1.67. The Morgan fingerprint density at radius 2 is 1.52 bits per heavy atom. The Labute approximate surface area is 135 Å². The lowest BCUT2D eigenvalue weighted by Crippen LogP contribution is -2.20. The standard InChI is InChI=1S/C18H20O5/c1-21-16-6-8-17(9-7-16)22-11-10-15(20)13-23-18-4-2-14(12-19)3-5-18/h2-9,12,15,20H,10-11,13H2,1H3. The van der Waals surface area contributed by atoms with Gasteiger partial charge in [-0.15, -0.1) is 0 Å². The Morgan fingerprint density at radius 1 is 0.957 bits per heavy atom. The van der Waals surface area contributed by atoms with Crippen LogP contribution in [0.4, 0.5) is 0 Å². The molecule has 1 N–H and O–H groups in total. The van der Waals surface area contributed by atoms with Gasteiger partial charge in [0.25, 0.3) is 0 Å². The molecule has 122 valence electrons. The molecule has 23 heavy (non-hydrogen) atoms. The molecule has 0 amide bonds. The van der Waals surface area contributed by atoms with Crippen molar-refractivity contribution in [2.45, 2.75) is 12.5 Å². The SMILES string of the molecule is COc1ccc(OCCC(O)COc2ccc(C=O)cc2)cc1. The predicted molar refractivity (Wildman–Crippen MR) is 86.4 cm³/mol. The first-order valence-electron chi connectivity index (χ1n) is 7.34. The Bertz CT molecular complexity index is 592. The quantitative estimate of drug-likeness (QED) is 0.721. The Kier molecular flexibility index (Phi) is 6.44. The second-order valence-corrected chi connectivity index (χ2v) is 4.96. The maximum atomic E-state index is 10.6. The van der Waals surface area contributed by atoms with Gasteiger partial charge in [0.1, 0.15) is 30.1 Å². The van der Waals surface area contributed by atoms with Crippen LogP contribution in [-0.2, 0) is 0 Å². The van der Waals surface area contributed by atoms with Gasteiger partial charge in [-0.25, -0.2) is 0 Å². The molecule has 0 spiro atoms. The van der Waals surface area contributed by atoms with Crippen molar-refractivity contribution < 1.29 is 24.1 Å². The van der Waals surface area contributed by atoms with Crippen molar-refractivity contribution in [1.82, 2.24) is 0 Å². The largest absolute Gasteiger partial charge is 0.497 e. The van der Waals surface area contributed by atoms with E-state index in [1.165, 1.54) is 0 Å². The maximum absolute atomic E-state index is 10.6. The highest BCUT2D eigenvalue weighted by molar-refractivity contribution is 5.74. The highest BCUT2D eigenvalue weighted by atomic mass is 16.5. The fourth-order valence-corrected chi connectivity index (χ4v) is 1.90. The van der Waals surface area contributed by atoms with Crippen LogP contribution >= 0.6 is 0 Å². The van der Waals surface area contributed by atoms with E-state index in [-0.39, 0.29) is 6.61 Å². The molecule has 0 aromatic heterocycles. The molecule has 0 aliphatic heterocycles. The van der Waals surface area contributed by atoms with Crippen LogP contribution in [0.15, 0.2) is 48.5 Å². The zero-order valence-corrected chi connectivity index (χ0v) is 13.0. The van der Waals surface area contributed by atoms with Gasteiger partial charge in [-0.1, -0.05) is 0 Å². The van der Waals surface area contributed by atoms with Crippen LogP contribution in [0.5, 0.6) is 17.2 Å². The smallest absolute Gasteiger partial charge is 0.150 e. The van der Waals surface area contributed by atoms with Gasteiger partial charge in [-0.05, 0) is 48.5 Å². The van der Waals surface area contributed by atoms with Crippen LogP contribution in [0.1, 0.15) is 16.8 Å². The highest BCUT2D eigenvalue weighted by Gasteiger charge is 2.06. The van der Waals surface area contributed by atoms with E-state index in [0.29, 0.717) is 24.3 Å². The van der Waals surface area contributed by atoms with Gasteiger partial charge in [-0.2, -0.15) is 0 Å². The lowest BCUT2D eigenvalue weighted by molar-refractivity contribution is 0.0857. The molecule has 5 heteroatoms. The molecule has 0 radical (unpaired) electrons. The summed E-state index contributed by atoms with van der Waals surface area (Å²) in [5.41, 5.74) is 0.589. The van der Waals surface area contributed by atoms with Crippen LogP contribution in [0, 0.1) is 0 Å². The third-order valence-corrected chi connectivity index (χ3v) is 3.24. The minimum absolute atomic E-state index is 0.173. The number of rotatable bonds is 9. The molecule has 0 bridgehead atoms. The van der Waals surface area contributed by atoms with E-state index < -0.39 is 6.10 Å². The van der Waals surface area contributed by atoms with Crippen molar-refractivity contribution >= 4 is 6.29 Å². The molecule has 0 heterocycles. The van der Waals surface area contributed by atoms with Crippen molar-refractivity contribution in [1.29, 1.82) is 0 Å². The molecule has 2 aromatic carbocycles. The summed E-state index contributed by atoms with van der Waals surface area (Å²) in [7, 11) is 1.61. The van der Waals surface area contributed by atoms with Gasteiger partial charge in [0.15, 0.2) is 0 Å². The summed E-state index contributed by atoms with van der Waals surface area (Å²) in [6.45, 7) is 0.563. The van der Waals surface area contributed by atoms with Gasteiger partial charge in [0.2, 0.25) is 0 Å². The van der Waals surface area contributed by atoms with Gasteiger partial charge < -0.3 is 19.3 Å². The third kappa shape index (κ3) is 5.64. The fraction of sp³-hybridized carbons (Fsp3) is 0.278. The van der Waals surface area contributed by atoms with Crippen LogP contribution in [0.2, 0.25) is 0 Å². The topological polar surface area (TPSA) is 65.0 Å². The summed E-state index contributed by atoms with van der Waals surface area (Å²) >= 11 is 0. The van der Waals surface area contributed by atoms with Gasteiger partial charge >= 0.3 is 0 Å². The molecule has 0 saturated heterocycles. The summed E-state index contributed by atoms with van der Waals surface area (Å²) in [5, 5.41) is 9.89. The highest BCUT2D eigenvalue weighted by Crippen LogP contribution is 2.17. The van der Waals surface area contributed by atoms with E-state index in [2.05, 4.69) is 0 Å². The first-order chi connectivity index (χ1) is 11.2. The van der Waals surface area contributed by atoms with Gasteiger partial charge in [0, 0.05) is 12.0 Å². The Morgan fingerprint density at radius 3 is 2.13 bits per heavy atom. The average Bonchev–Trinajstić information content (AvgIpc) is 2.61. The number of carbonyl (C=O) groups is 1. The second kappa shape index (κ2) is 8.80. The number of methoxy groups -OCH3 is 1. The molecule has 2 rings (SSSR count). The Hall–Kier alpha value is -2.53. The molecule has 0 aliphatic carbocycles. The molecule has 0 aliphatic rings. The number of aliphatic hydroxyl groups is 1. The van der Waals surface area contributed by atoms with Crippen molar-refractivity contribution in [3.05, 3.63) is 54.1 Å². The number of aldehydes is 1.